The van der Waals surface area contributed by atoms with Crippen molar-refractivity contribution in [2.75, 3.05) is 6.54 Å². The number of hydrogen-bond acceptors (Lipinski definition) is 1. The molecule has 0 saturated heterocycles. The van der Waals surface area contributed by atoms with Gasteiger partial charge in [-0.3, -0.25) is 0 Å². The van der Waals surface area contributed by atoms with Gasteiger partial charge in [-0.15, -0.1) is 6.58 Å². The first kappa shape index (κ1) is 13.7. The summed E-state index contributed by atoms with van der Waals surface area (Å²) in [6.07, 6.45) is 1.79. The monoisotopic (exact) mass is 248 g/mol. The van der Waals surface area contributed by atoms with Crippen LogP contribution in [0.2, 0.25) is 0 Å². The van der Waals surface area contributed by atoms with Crippen molar-refractivity contribution < 1.29 is 0 Å². The third-order valence-corrected chi connectivity index (χ3v) is 2.91. The molecular formula is C14H20N2S. The van der Waals surface area contributed by atoms with Crippen molar-refractivity contribution >= 4 is 17.3 Å². The molecule has 0 aliphatic carbocycles. The molecule has 1 aromatic carbocycles. The largest absolute Gasteiger partial charge is 0.359 e. The summed E-state index contributed by atoms with van der Waals surface area (Å²) in [6.45, 7) is 10.7. The van der Waals surface area contributed by atoms with Gasteiger partial charge in [-0.25, -0.2) is 0 Å². The van der Waals surface area contributed by atoms with E-state index in [1.165, 1.54) is 16.7 Å². The zero-order valence-electron chi connectivity index (χ0n) is 10.7. The lowest BCUT2D eigenvalue weighted by Crippen LogP contribution is -2.36. The fourth-order valence-electron chi connectivity index (χ4n) is 1.80. The van der Waals surface area contributed by atoms with Gasteiger partial charge in [0.15, 0.2) is 5.11 Å². The first-order valence-corrected chi connectivity index (χ1v) is 6.18. The van der Waals surface area contributed by atoms with Gasteiger partial charge in [-0.05, 0) is 44.1 Å². The van der Waals surface area contributed by atoms with E-state index in [1.807, 2.05) is 0 Å². The highest BCUT2D eigenvalue weighted by Gasteiger charge is 2.08. The van der Waals surface area contributed by atoms with Crippen LogP contribution < -0.4 is 10.6 Å². The quantitative estimate of drug-likeness (QED) is 0.632. The maximum absolute atomic E-state index is 5.19. The standard InChI is InChI=1S/C14H20N2S/c1-5-8-15-14(17)16-12(4)13-7-6-10(2)9-11(13)3/h5-7,9,12H,1,8H2,2-4H3,(H2,15,16,17). The number of thiocarbonyl (C=S) groups is 1. The second-order valence-corrected chi connectivity index (χ2v) is 4.63. The predicted molar refractivity (Wildman–Crippen MR) is 78.3 cm³/mol. The Morgan fingerprint density at radius 3 is 2.76 bits per heavy atom. The average molecular weight is 248 g/mol. The van der Waals surface area contributed by atoms with Gasteiger partial charge < -0.3 is 10.6 Å². The molecular weight excluding hydrogens is 228 g/mol. The molecule has 1 atom stereocenters. The highest BCUT2D eigenvalue weighted by molar-refractivity contribution is 7.80. The molecule has 1 unspecified atom stereocenters. The fraction of sp³-hybridized carbons (Fsp3) is 0.357. The van der Waals surface area contributed by atoms with Crippen LogP contribution in [0, 0.1) is 13.8 Å². The van der Waals surface area contributed by atoms with Gasteiger partial charge in [0.1, 0.15) is 0 Å². The summed E-state index contributed by atoms with van der Waals surface area (Å²) in [5.41, 5.74) is 3.85. The molecule has 0 fully saturated rings. The van der Waals surface area contributed by atoms with Crippen LogP contribution >= 0.6 is 12.2 Å². The summed E-state index contributed by atoms with van der Waals surface area (Å²) in [6, 6.07) is 6.67. The number of benzene rings is 1. The van der Waals surface area contributed by atoms with E-state index in [4.69, 9.17) is 12.2 Å². The number of nitrogens with one attached hydrogen (secondary N) is 2. The molecule has 17 heavy (non-hydrogen) atoms. The molecule has 0 heterocycles. The summed E-state index contributed by atoms with van der Waals surface area (Å²) >= 11 is 5.19. The average Bonchev–Trinajstić information content (AvgIpc) is 2.26. The lowest BCUT2D eigenvalue weighted by molar-refractivity contribution is 0.700. The van der Waals surface area contributed by atoms with Crippen LogP contribution in [0.1, 0.15) is 29.7 Å². The Bertz CT molecular complexity index is 413. The second-order valence-electron chi connectivity index (χ2n) is 4.22. The molecule has 1 rings (SSSR count). The summed E-state index contributed by atoms with van der Waals surface area (Å²) < 4.78 is 0. The third kappa shape index (κ3) is 4.19. The summed E-state index contributed by atoms with van der Waals surface area (Å²) in [5, 5.41) is 6.99. The lowest BCUT2D eigenvalue weighted by Gasteiger charge is -2.19. The smallest absolute Gasteiger partial charge is 0.167 e. The van der Waals surface area contributed by atoms with E-state index < -0.39 is 0 Å². The molecule has 2 nitrogen and oxygen atoms in total. The van der Waals surface area contributed by atoms with E-state index in [0.717, 1.165) is 0 Å². The second kappa shape index (κ2) is 6.40. The number of aryl methyl sites for hydroxylation is 2. The zero-order chi connectivity index (χ0) is 12.8. The van der Waals surface area contributed by atoms with E-state index in [2.05, 4.69) is 56.2 Å². The Morgan fingerprint density at radius 1 is 1.47 bits per heavy atom. The Morgan fingerprint density at radius 2 is 2.18 bits per heavy atom. The minimum Gasteiger partial charge on any atom is -0.359 e. The molecule has 1 aromatic rings. The Hall–Kier alpha value is -1.35. The maximum atomic E-state index is 5.19. The topological polar surface area (TPSA) is 24.1 Å². The highest BCUT2D eigenvalue weighted by Crippen LogP contribution is 2.18. The van der Waals surface area contributed by atoms with Gasteiger partial charge in [0, 0.05) is 6.54 Å². The molecule has 0 aromatic heterocycles. The molecule has 0 aliphatic heterocycles. The van der Waals surface area contributed by atoms with Crippen LogP contribution in [0.3, 0.4) is 0 Å². The number of rotatable bonds is 4. The molecule has 3 heteroatoms. The zero-order valence-corrected chi connectivity index (χ0v) is 11.5. The van der Waals surface area contributed by atoms with E-state index in [9.17, 15) is 0 Å². The van der Waals surface area contributed by atoms with E-state index in [-0.39, 0.29) is 6.04 Å². The van der Waals surface area contributed by atoms with Crippen molar-refractivity contribution in [2.24, 2.45) is 0 Å². The van der Waals surface area contributed by atoms with Gasteiger partial charge >= 0.3 is 0 Å². The first-order chi connectivity index (χ1) is 8.04. The van der Waals surface area contributed by atoms with E-state index >= 15 is 0 Å². The van der Waals surface area contributed by atoms with Gasteiger partial charge in [-0.1, -0.05) is 29.8 Å². The van der Waals surface area contributed by atoms with Crippen molar-refractivity contribution in [3.05, 3.63) is 47.5 Å². The van der Waals surface area contributed by atoms with Crippen molar-refractivity contribution in [2.45, 2.75) is 26.8 Å². The molecule has 0 saturated carbocycles. The molecule has 0 radical (unpaired) electrons. The van der Waals surface area contributed by atoms with Crippen molar-refractivity contribution in [1.82, 2.24) is 10.6 Å². The fourth-order valence-corrected chi connectivity index (χ4v) is 2.06. The van der Waals surface area contributed by atoms with Gasteiger partial charge in [0.05, 0.1) is 6.04 Å². The Balaban J connectivity index is 2.66. The minimum atomic E-state index is 0.209. The maximum Gasteiger partial charge on any atom is 0.167 e. The van der Waals surface area contributed by atoms with E-state index in [1.54, 1.807) is 6.08 Å². The van der Waals surface area contributed by atoms with Gasteiger partial charge in [-0.2, -0.15) is 0 Å². The van der Waals surface area contributed by atoms with Gasteiger partial charge in [0.2, 0.25) is 0 Å². The van der Waals surface area contributed by atoms with Crippen LogP contribution in [0.4, 0.5) is 0 Å². The van der Waals surface area contributed by atoms with Crippen LogP contribution in [-0.4, -0.2) is 11.7 Å². The minimum absolute atomic E-state index is 0.209. The highest BCUT2D eigenvalue weighted by atomic mass is 32.1. The molecule has 0 aliphatic rings. The van der Waals surface area contributed by atoms with Crippen molar-refractivity contribution in [3.8, 4) is 0 Å². The SMILES string of the molecule is C=CCNC(=S)NC(C)c1ccc(C)cc1C. The van der Waals surface area contributed by atoms with Crippen LogP contribution in [0.25, 0.3) is 0 Å². The Labute approximate surface area is 109 Å². The van der Waals surface area contributed by atoms with E-state index in [0.29, 0.717) is 11.7 Å². The molecule has 2 N–H and O–H groups in total. The third-order valence-electron chi connectivity index (χ3n) is 2.65. The predicted octanol–water partition coefficient (Wildman–Crippen LogP) is 3.01. The molecule has 0 bridgehead atoms. The first-order valence-electron chi connectivity index (χ1n) is 5.77. The summed E-state index contributed by atoms with van der Waals surface area (Å²) in [5.74, 6) is 0. The van der Waals surface area contributed by atoms with Crippen molar-refractivity contribution in [3.63, 3.8) is 0 Å². The summed E-state index contributed by atoms with van der Waals surface area (Å²) in [4.78, 5) is 0. The van der Waals surface area contributed by atoms with Crippen molar-refractivity contribution in [1.29, 1.82) is 0 Å². The molecule has 0 spiro atoms. The normalized spacial score (nSPS) is 11.7. The van der Waals surface area contributed by atoms with Crippen LogP contribution in [0.5, 0.6) is 0 Å². The Kier molecular flexibility index (Phi) is 5.16. The van der Waals surface area contributed by atoms with Crippen LogP contribution in [-0.2, 0) is 0 Å². The van der Waals surface area contributed by atoms with Crippen LogP contribution in [0.15, 0.2) is 30.9 Å². The van der Waals surface area contributed by atoms with Gasteiger partial charge in [0.25, 0.3) is 0 Å². The molecule has 92 valence electrons. The lowest BCUT2D eigenvalue weighted by atomic mass is 10.0. The summed E-state index contributed by atoms with van der Waals surface area (Å²) in [7, 11) is 0. The molecule has 0 amide bonds. The number of hydrogen-bond donors (Lipinski definition) is 2.